The van der Waals surface area contributed by atoms with Gasteiger partial charge in [0.15, 0.2) is 5.82 Å². The molecule has 0 unspecified atom stereocenters. The maximum absolute atomic E-state index is 12.1. The molecule has 2 atom stereocenters. The molecule has 12 nitrogen and oxygen atoms in total. The van der Waals surface area contributed by atoms with E-state index in [1.165, 1.54) is 24.3 Å². The lowest BCUT2D eigenvalue weighted by Crippen LogP contribution is -2.18. The van der Waals surface area contributed by atoms with E-state index < -0.39 is 11.1 Å². The molecule has 2 aromatic heterocycles. The van der Waals surface area contributed by atoms with Gasteiger partial charge in [-0.15, -0.1) is 0 Å². The molecule has 0 bridgehead atoms. The number of hydrogen-bond donors (Lipinski definition) is 2. The number of carbonyl (C=O) groups is 2. The molecule has 0 aliphatic heterocycles. The second-order valence-corrected chi connectivity index (χ2v) is 7.65. The molecule has 12 heteroatoms. The number of ether oxygens (including phenoxy) is 2. The first-order valence-electron chi connectivity index (χ1n) is 10.2. The highest BCUT2D eigenvalue weighted by atomic mass is 16.7. The SMILES string of the molecule is Cc1cnc(CC(=O)Nc2cc([C@H]3CC[C@@H](OC(=O)Oc4ccc([N+](=O)[O-])cc4)C3)[nH]n2)o1. The Kier molecular flexibility index (Phi) is 6.33. The van der Waals surface area contributed by atoms with Crippen LogP contribution in [0.4, 0.5) is 16.3 Å². The third-order valence-electron chi connectivity index (χ3n) is 5.18. The number of rotatable bonds is 7. The van der Waals surface area contributed by atoms with Crippen LogP contribution in [0.5, 0.6) is 5.75 Å². The summed E-state index contributed by atoms with van der Waals surface area (Å²) in [4.78, 5) is 38.3. The fourth-order valence-corrected chi connectivity index (χ4v) is 3.64. The number of nitrogens with one attached hydrogen (secondary N) is 2. The molecule has 1 fully saturated rings. The van der Waals surface area contributed by atoms with Crippen molar-refractivity contribution in [3.05, 3.63) is 64.0 Å². The quantitative estimate of drug-likeness (QED) is 0.234. The van der Waals surface area contributed by atoms with Crippen LogP contribution in [-0.2, 0) is 16.0 Å². The van der Waals surface area contributed by atoms with Gasteiger partial charge in [-0.05, 0) is 38.3 Å². The number of aromatic amines is 1. The van der Waals surface area contributed by atoms with Gasteiger partial charge in [0, 0.05) is 29.8 Å². The summed E-state index contributed by atoms with van der Waals surface area (Å²) in [6.07, 6.45) is 2.33. The van der Waals surface area contributed by atoms with Crippen molar-refractivity contribution >= 4 is 23.6 Å². The van der Waals surface area contributed by atoms with Crippen molar-refractivity contribution in [2.75, 3.05) is 5.32 Å². The van der Waals surface area contributed by atoms with E-state index in [-0.39, 0.29) is 35.8 Å². The highest BCUT2D eigenvalue weighted by molar-refractivity contribution is 5.90. The molecule has 1 aliphatic carbocycles. The molecule has 0 saturated heterocycles. The molecular formula is C21H21N5O7. The average molecular weight is 455 g/mol. The van der Waals surface area contributed by atoms with E-state index in [0.29, 0.717) is 30.3 Å². The summed E-state index contributed by atoms with van der Waals surface area (Å²) >= 11 is 0. The van der Waals surface area contributed by atoms with Gasteiger partial charge in [0.25, 0.3) is 5.69 Å². The van der Waals surface area contributed by atoms with Crippen molar-refractivity contribution in [2.24, 2.45) is 0 Å². The summed E-state index contributed by atoms with van der Waals surface area (Å²) in [5.74, 6) is 1.30. The number of amides is 1. The van der Waals surface area contributed by atoms with Crippen molar-refractivity contribution in [3.8, 4) is 5.75 Å². The molecule has 2 heterocycles. The fourth-order valence-electron chi connectivity index (χ4n) is 3.64. The smallest absolute Gasteiger partial charge is 0.445 e. The molecule has 1 saturated carbocycles. The third-order valence-corrected chi connectivity index (χ3v) is 5.18. The topological polar surface area (TPSA) is 162 Å². The predicted molar refractivity (Wildman–Crippen MR) is 113 cm³/mol. The summed E-state index contributed by atoms with van der Waals surface area (Å²) in [7, 11) is 0. The summed E-state index contributed by atoms with van der Waals surface area (Å²) in [6, 6.07) is 6.91. The van der Waals surface area contributed by atoms with Gasteiger partial charge in [0.05, 0.1) is 11.1 Å². The number of anilines is 1. The minimum atomic E-state index is -0.867. The maximum atomic E-state index is 12.1. The van der Waals surface area contributed by atoms with Crippen LogP contribution in [0.2, 0.25) is 0 Å². The number of nitro benzene ring substituents is 1. The Morgan fingerprint density at radius 3 is 2.79 bits per heavy atom. The van der Waals surface area contributed by atoms with Crippen molar-refractivity contribution in [2.45, 2.75) is 44.6 Å². The number of hydrogen-bond acceptors (Lipinski definition) is 9. The number of carbonyl (C=O) groups excluding carboxylic acids is 2. The van der Waals surface area contributed by atoms with Gasteiger partial charge in [-0.3, -0.25) is 20.0 Å². The van der Waals surface area contributed by atoms with Crippen molar-refractivity contribution in [1.29, 1.82) is 0 Å². The van der Waals surface area contributed by atoms with Gasteiger partial charge in [-0.25, -0.2) is 9.78 Å². The van der Waals surface area contributed by atoms with Gasteiger partial charge < -0.3 is 19.2 Å². The van der Waals surface area contributed by atoms with E-state index in [9.17, 15) is 19.7 Å². The highest BCUT2D eigenvalue weighted by Gasteiger charge is 2.30. The zero-order chi connectivity index (χ0) is 23.4. The number of oxazole rings is 1. The molecular weight excluding hydrogens is 434 g/mol. The Morgan fingerprint density at radius 2 is 2.09 bits per heavy atom. The Labute approximate surface area is 187 Å². The summed E-state index contributed by atoms with van der Waals surface area (Å²) in [6.45, 7) is 1.75. The molecule has 1 aromatic carbocycles. The van der Waals surface area contributed by atoms with Gasteiger partial charge >= 0.3 is 6.16 Å². The maximum Gasteiger partial charge on any atom is 0.514 e. The van der Waals surface area contributed by atoms with Gasteiger partial charge in [-0.1, -0.05) is 0 Å². The summed E-state index contributed by atoms with van der Waals surface area (Å²) in [5, 5.41) is 20.4. The minimum absolute atomic E-state index is 0.00620. The largest absolute Gasteiger partial charge is 0.514 e. The number of nitro groups is 1. The van der Waals surface area contributed by atoms with E-state index in [1.807, 2.05) is 0 Å². The number of nitrogens with zero attached hydrogens (tertiary/aromatic N) is 3. The molecule has 33 heavy (non-hydrogen) atoms. The zero-order valence-electron chi connectivity index (χ0n) is 17.6. The number of benzene rings is 1. The lowest BCUT2D eigenvalue weighted by molar-refractivity contribution is -0.384. The second kappa shape index (κ2) is 9.51. The summed E-state index contributed by atoms with van der Waals surface area (Å²) in [5.41, 5.74) is 0.726. The Morgan fingerprint density at radius 1 is 1.30 bits per heavy atom. The Bertz CT molecular complexity index is 1150. The first-order chi connectivity index (χ1) is 15.9. The van der Waals surface area contributed by atoms with Crippen LogP contribution in [-0.4, -0.2) is 38.3 Å². The lowest BCUT2D eigenvalue weighted by Gasteiger charge is -2.12. The van der Waals surface area contributed by atoms with Crippen molar-refractivity contribution < 1.29 is 28.4 Å². The van der Waals surface area contributed by atoms with E-state index in [4.69, 9.17) is 13.9 Å². The zero-order valence-corrected chi connectivity index (χ0v) is 17.6. The van der Waals surface area contributed by atoms with Crippen molar-refractivity contribution in [3.63, 3.8) is 0 Å². The molecule has 3 aromatic rings. The molecule has 4 rings (SSSR count). The first-order valence-corrected chi connectivity index (χ1v) is 10.2. The number of aromatic nitrogens is 3. The molecule has 1 aliphatic rings. The van der Waals surface area contributed by atoms with E-state index in [0.717, 1.165) is 12.1 Å². The van der Waals surface area contributed by atoms with Crippen LogP contribution < -0.4 is 10.1 Å². The van der Waals surface area contributed by atoms with Gasteiger partial charge in [0.2, 0.25) is 11.8 Å². The standard InChI is InChI=1S/C21H21N5O7/c1-12-11-22-20(31-12)10-19(27)23-18-9-17(24-25-18)13-2-5-16(8-13)33-21(28)32-15-6-3-14(4-7-15)26(29)30/h3-4,6-7,9,11,13,16H,2,5,8,10H2,1H3,(H2,23,24,25,27)/t13-,16+/m0/s1. The normalized spacial score (nSPS) is 17.5. The molecule has 0 spiro atoms. The highest BCUT2D eigenvalue weighted by Crippen LogP contribution is 2.36. The minimum Gasteiger partial charge on any atom is -0.445 e. The molecule has 2 N–H and O–H groups in total. The number of aryl methyl sites for hydroxylation is 1. The monoisotopic (exact) mass is 455 g/mol. The van der Waals surface area contributed by atoms with Crippen LogP contribution in [0, 0.1) is 17.0 Å². The van der Waals surface area contributed by atoms with Crippen LogP contribution in [0.3, 0.4) is 0 Å². The molecule has 1 amide bonds. The fraction of sp³-hybridized carbons (Fsp3) is 0.333. The molecule has 172 valence electrons. The Balaban J connectivity index is 1.25. The summed E-state index contributed by atoms with van der Waals surface area (Å²) < 4.78 is 15.7. The third kappa shape index (κ3) is 5.73. The Hall–Kier alpha value is -4.22. The van der Waals surface area contributed by atoms with Crippen molar-refractivity contribution in [1.82, 2.24) is 15.2 Å². The molecule has 0 radical (unpaired) electrons. The van der Waals surface area contributed by atoms with Crippen LogP contribution in [0.1, 0.15) is 42.5 Å². The van der Waals surface area contributed by atoms with Crippen LogP contribution in [0.15, 0.2) is 40.9 Å². The van der Waals surface area contributed by atoms with Gasteiger partial charge in [0.1, 0.15) is 24.0 Å². The van der Waals surface area contributed by atoms with E-state index >= 15 is 0 Å². The average Bonchev–Trinajstić information content (AvgIpc) is 3.50. The predicted octanol–water partition coefficient (Wildman–Crippen LogP) is 3.65. The van der Waals surface area contributed by atoms with Gasteiger partial charge in [-0.2, -0.15) is 5.10 Å². The van der Waals surface area contributed by atoms with Crippen LogP contribution in [0.25, 0.3) is 0 Å². The first kappa shape index (κ1) is 22.0. The number of H-pyrrole nitrogens is 1. The van der Waals surface area contributed by atoms with E-state index in [1.54, 1.807) is 19.2 Å². The van der Waals surface area contributed by atoms with Crippen LogP contribution >= 0.6 is 0 Å². The second-order valence-electron chi connectivity index (χ2n) is 7.65. The van der Waals surface area contributed by atoms with E-state index in [2.05, 4.69) is 20.5 Å². The number of non-ortho nitro benzene ring substituents is 1. The lowest BCUT2D eigenvalue weighted by atomic mass is 10.0.